The van der Waals surface area contributed by atoms with Gasteiger partial charge in [0, 0.05) is 87.7 Å². The topological polar surface area (TPSA) is 78.2 Å². The van der Waals surface area contributed by atoms with Crippen molar-refractivity contribution in [3.63, 3.8) is 0 Å². The Morgan fingerprint density at radius 2 is 1.85 bits per heavy atom. The molecule has 216 valence electrons. The lowest BCUT2D eigenvalue weighted by atomic mass is 9.84. The molecule has 2 saturated heterocycles. The summed E-state index contributed by atoms with van der Waals surface area (Å²) in [6.45, 7) is 12.7. The van der Waals surface area contributed by atoms with Crippen molar-refractivity contribution in [1.82, 2.24) is 29.7 Å². The molecular weight excluding hydrogens is 509 g/mol. The van der Waals surface area contributed by atoms with Crippen molar-refractivity contribution in [3.8, 4) is 11.3 Å². The van der Waals surface area contributed by atoms with E-state index in [1.165, 1.54) is 0 Å². The minimum atomic E-state index is -0.388. The van der Waals surface area contributed by atoms with Gasteiger partial charge in [-0.25, -0.2) is 13.7 Å². The third-order valence-electron chi connectivity index (χ3n) is 8.26. The molecule has 0 saturated carbocycles. The van der Waals surface area contributed by atoms with Crippen molar-refractivity contribution in [2.45, 2.75) is 58.2 Å². The Hall–Kier alpha value is -3.24. The average molecular weight is 552 g/mol. The van der Waals surface area contributed by atoms with Gasteiger partial charge >= 0.3 is 6.03 Å². The molecular formula is C30H42FN7O2. The maximum Gasteiger partial charge on any atom is 0.317 e. The molecule has 5 heterocycles. The Balaban J connectivity index is 1.32. The molecule has 9 nitrogen and oxygen atoms in total. The highest BCUT2D eigenvalue weighted by Gasteiger charge is 2.38. The van der Waals surface area contributed by atoms with E-state index in [0.29, 0.717) is 19.7 Å². The highest BCUT2D eigenvalue weighted by molar-refractivity contribution is 5.79. The molecule has 0 aromatic carbocycles. The number of carbonyl (C=O) groups is 1. The average Bonchev–Trinajstić information content (AvgIpc) is 3.42. The van der Waals surface area contributed by atoms with Gasteiger partial charge in [0.15, 0.2) is 0 Å². The van der Waals surface area contributed by atoms with Crippen molar-refractivity contribution in [3.05, 3.63) is 48.4 Å². The quantitative estimate of drug-likeness (QED) is 0.449. The van der Waals surface area contributed by atoms with E-state index in [1.807, 2.05) is 61.8 Å². The molecule has 5 rings (SSSR count). The second-order valence-corrected chi connectivity index (χ2v) is 11.3. The molecule has 0 radical (unpaired) electrons. The van der Waals surface area contributed by atoms with E-state index in [1.54, 1.807) is 0 Å². The molecule has 2 aliphatic heterocycles. The van der Waals surface area contributed by atoms with Crippen LogP contribution in [-0.4, -0.2) is 95.1 Å². The van der Waals surface area contributed by atoms with Gasteiger partial charge in [0.05, 0.1) is 22.5 Å². The van der Waals surface area contributed by atoms with Crippen molar-refractivity contribution < 1.29 is 13.9 Å². The predicted molar refractivity (Wildman–Crippen MR) is 155 cm³/mol. The molecule has 10 heteroatoms. The Bertz CT molecular complexity index is 1280. The van der Waals surface area contributed by atoms with Crippen LogP contribution in [-0.2, 0) is 10.3 Å². The van der Waals surface area contributed by atoms with Crippen LogP contribution in [0.15, 0.2) is 42.9 Å². The smallest absolute Gasteiger partial charge is 0.317 e. The number of piperidine rings is 1. The maximum absolute atomic E-state index is 13.2. The molecule has 0 aliphatic carbocycles. The van der Waals surface area contributed by atoms with E-state index >= 15 is 0 Å². The van der Waals surface area contributed by atoms with Crippen molar-refractivity contribution >= 4 is 17.2 Å². The number of rotatable bonds is 8. The van der Waals surface area contributed by atoms with E-state index in [-0.39, 0.29) is 30.4 Å². The first-order valence-corrected chi connectivity index (χ1v) is 14.5. The van der Waals surface area contributed by atoms with Crippen LogP contribution in [0.3, 0.4) is 0 Å². The lowest BCUT2D eigenvalue weighted by Crippen LogP contribution is -2.53. The van der Waals surface area contributed by atoms with E-state index in [0.717, 1.165) is 67.0 Å². The Kier molecular flexibility index (Phi) is 8.56. The number of carbonyl (C=O) groups excluding carboxylic acids is 1. The van der Waals surface area contributed by atoms with Gasteiger partial charge < -0.3 is 19.9 Å². The number of urea groups is 1. The Morgan fingerprint density at radius 3 is 2.48 bits per heavy atom. The number of piperazine rings is 1. The van der Waals surface area contributed by atoms with E-state index in [9.17, 15) is 9.18 Å². The number of halogens is 1. The summed E-state index contributed by atoms with van der Waals surface area (Å²) < 4.78 is 21.5. The van der Waals surface area contributed by atoms with E-state index in [4.69, 9.17) is 9.72 Å². The number of ether oxygens (including phenoxy) is 1. The molecule has 40 heavy (non-hydrogen) atoms. The monoisotopic (exact) mass is 551 g/mol. The number of hydrogen-bond donors (Lipinski definition) is 1. The fourth-order valence-electron chi connectivity index (χ4n) is 5.95. The predicted octanol–water partition coefficient (Wildman–Crippen LogP) is 4.32. The zero-order valence-corrected chi connectivity index (χ0v) is 24.1. The number of pyridine rings is 1. The maximum atomic E-state index is 13.2. The van der Waals surface area contributed by atoms with Crippen LogP contribution in [0.1, 0.15) is 46.1 Å². The second kappa shape index (κ2) is 12.1. The summed E-state index contributed by atoms with van der Waals surface area (Å²) in [5.74, 6) is 0. The van der Waals surface area contributed by atoms with Crippen LogP contribution in [0, 0.1) is 0 Å². The van der Waals surface area contributed by atoms with Gasteiger partial charge in [0.25, 0.3) is 0 Å². The molecule has 1 atom stereocenters. The lowest BCUT2D eigenvalue weighted by molar-refractivity contribution is -0.0905. The summed E-state index contributed by atoms with van der Waals surface area (Å²) in [6, 6.07) is 8.44. The number of alkyl halides is 1. The molecule has 3 aromatic rings. The first-order valence-electron chi connectivity index (χ1n) is 14.5. The van der Waals surface area contributed by atoms with Crippen molar-refractivity contribution in [1.29, 1.82) is 0 Å². The van der Waals surface area contributed by atoms with Gasteiger partial charge in [-0.15, -0.1) is 0 Å². The fraction of sp³-hybridized carbons (Fsp3) is 0.567. The number of nitrogens with zero attached hydrogens (tertiary/aromatic N) is 6. The van der Waals surface area contributed by atoms with Crippen LogP contribution >= 0.6 is 0 Å². The van der Waals surface area contributed by atoms with Gasteiger partial charge in [-0.05, 0) is 58.7 Å². The minimum absolute atomic E-state index is 0.00000578. The largest absolute Gasteiger partial charge is 0.370 e. The van der Waals surface area contributed by atoms with Crippen molar-refractivity contribution in [2.75, 3.05) is 57.4 Å². The van der Waals surface area contributed by atoms with Crippen LogP contribution in [0.4, 0.5) is 14.9 Å². The summed E-state index contributed by atoms with van der Waals surface area (Å²) in [4.78, 5) is 23.7. The summed E-state index contributed by atoms with van der Waals surface area (Å²) in [5.41, 5.74) is 4.69. The Morgan fingerprint density at radius 1 is 1.10 bits per heavy atom. The molecule has 1 unspecified atom stereocenters. The number of aromatic nitrogens is 3. The molecule has 2 aliphatic rings. The number of nitrogens with one attached hydrogen (secondary N) is 1. The molecule has 2 fully saturated rings. The lowest BCUT2D eigenvalue weighted by Gasteiger charge is -2.43. The minimum Gasteiger partial charge on any atom is -0.370 e. The highest BCUT2D eigenvalue weighted by Crippen LogP contribution is 2.38. The number of hydrogen-bond acceptors (Lipinski definition) is 6. The zero-order chi connectivity index (χ0) is 28.3. The number of amides is 2. The third-order valence-corrected chi connectivity index (χ3v) is 8.26. The number of anilines is 1. The SMILES string of the molecule is CCOC1(c2ccc(-c3cc4c(N5CCN(C(=O)NC(C)C)CC5)ccnn4c3)nc2)CCN(C(C)CF)CC1. The van der Waals surface area contributed by atoms with Crippen molar-refractivity contribution in [2.24, 2.45) is 0 Å². The standard InChI is InChI=1S/C30H42FN7O2/c1-5-40-30(9-12-35(13-10-30)23(4)19-31)25-6-7-26(32-20-25)24-18-28-27(8-11-33-38(28)21-24)36-14-16-37(17-15-36)29(39)34-22(2)3/h6-8,11,18,20-23H,5,9-10,12-17,19H2,1-4H3,(H,34,39). The molecule has 0 bridgehead atoms. The summed E-state index contributed by atoms with van der Waals surface area (Å²) in [7, 11) is 0. The molecule has 2 amide bonds. The van der Waals surface area contributed by atoms with Crippen LogP contribution in [0.25, 0.3) is 16.8 Å². The van der Waals surface area contributed by atoms with E-state index < -0.39 is 0 Å². The zero-order valence-electron chi connectivity index (χ0n) is 24.1. The van der Waals surface area contributed by atoms with Gasteiger partial charge in [0.2, 0.25) is 0 Å². The summed E-state index contributed by atoms with van der Waals surface area (Å²) in [6.07, 6.45) is 7.42. The van der Waals surface area contributed by atoms with Crippen LogP contribution in [0.2, 0.25) is 0 Å². The summed E-state index contributed by atoms with van der Waals surface area (Å²) in [5, 5.41) is 7.53. The molecule has 3 aromatic heterocycles. The first kappa shape index (κ1) is 28.3. The van der Waals surface area contributed by atoms with Crippen LogP contribution in [0.5, 0.6) is 0 Å². The summed E-state index contributed by atoms with van der Waals surface area (Å²) >= 11 is 0. The third kappa shape index (κ3) is 5.78. The normalized spacial score (nSPS) is 18.9. The number of likely N-dealkylation sites (tertiary alicyclic amines) is 1. The van der Waals surface area contributed by atoms with Crippen LogP contribution < -0.4 is 10.2 Å². The van der Waals surface area contributed by atoms with Gasteiger partial charge in [0.1, 0.15) is 6.67 Å². The van der Waals surface area contributed by atoms with Gasteiger partial charge in [-0.2, -0.15) is 5.10 Å². The fourth-order valence-corrected chi connectivity index (χ4v) is 5.95. The Labute approximate surface area is 236 Å². The second-order valence-electron chi connectivity index (χ2n) is 11.3. The van der Waals surface area contributed by atoms with Gasteiger partial charge in [-0.1, -0.05) is 6.07 Å². The van der Waals surface area contributed by atoms with Gasteiger partial charge in [-0.3, -0.25) is 9.88 Å². The first-order chi connectivity index (χ1) is 19.3. The molecule has 0 spiro atoms. The highest BCUT2D eigenvalue weighted by atomic mass is 19.1. The number of fused-ring (bicyclic) bond motifs is 1. The molecule has 1 N–H and O–H groups in total. The van der Waals surface area contributed by atoms with E-state index in [2.05, 4.69) is 38.4 Å².